The maximum Gasteiger partial charge on any atom is 0.315 e. The molecule has 1 heterocycles. The van der Waals surface area contributed by atoms with E-state index in [0.29, 0.717) is 19.5 Å². The fourth-order valence-electron chi connectivity index (χ4n) is 1.90. The number of urea groups is 1. The third-order valence-electron chi connectivity index (χ3n) is 3.55. The average molecular weight is 296 g/mol. The molecule has 0 aliphatic heterocycles. The minimum atomic E-state index is -0.778. The highest BCUT2D eigenvalue weighted by Gasteiger charge is 2.08. The first-order valence-corrected chi connectivity index (χ1v) is 7.11. The topological polar surface area (TPSA) is 96.2 Å². The molecule has 1 aromatic heterocycles. The number of aromatic nitrogens is 2. The molecule has 7 heteroatoms. The molecule has 118 valence electrons. The van der Waals surface area contributed by atoms with Crippen molar-refractivity contribution in [1.82, 2.24) is 20.4 Å². The van der Waals surface area contributed by atoms with Crippen LogP contribution in [0.25, 0.3) is 0 Å². The molecule has 1 atom stereocenters. The summed E-state index contributed by atoms with van der Waals surface area (Å²) in [5.74, 6) is -0.499. The zero-order chi connectivity index (χ0) is 15.8. The fraction of sp³-hybridized carbons (Fsp3) is 0.643. The van der Waals surface area contributed by atoms with Gasteiger partial charge in [0.05, 0.1) is 6.20 Å². The zero-order valence-electron chi connectivity index (χ0n) is 12.8. The Morgan fingerprint density at radius 1 is 1.38 bits per heavy atom. The van der Waals surface area contributed by atoms with Crippen molar-refractivity contribution in [3.05, 3.63) is 17.5 Å². The van der Waals surface area contributed by atoms with Crippen LogP contribution in [0.2, 0.25) is 0 Å². The number of carboxylic acids is 1. The van der Waals surface area contributed by atoms with Crippen LogP contribution in [0.3, 0.4) is 0 Å². The molecule has 0 spiro atoms. The first-order chi connectivity index (χ1) is 9.90. The molecule has 0 saturated heterocycles. The minimum Gasteiger partial charge on any atom is -0.481 e. The molecule has 0 bridgehead atoms. The normalized spacial score (nSPS) is 12.0. The molecule has 2 amide bonds. The summed E-state index contributed by atoms with van der Waals surface area (Å²) in [6, 6.07) is -0.219. The highest BCUT2D eigenvalue weighted by atomic mass is 16.4. The second-order valence-corrected chi connectivity index (χ2v) is 5.31. The van der Waals surface area contributed by atoms with Crippen LogP contribution in [-0.2, 0) is 18.4 Å². The maximum atomic E-state index is 11.6. The van der Waals surface area contributed by atoms with Crippen molar-refractivity contribution in [2.75, 3.05) is 6.54 Å². The van der Waals surface area contributed by atoms with Gasteiger partial charge in [0, 0.05) is 37.8 Å². The van der Waals surface area contributed by atoms with Crippen LogP contribution < -0.4 is 10.6 Å². The minimum absolute atomic E-state index is 0.174. The number of carboxylic acid groups (broad SMARTS) is 1. The lowest BCUT2D eigenvalue weighted by Gasteiger charge is -2.11. The van der Waals surface area contributed by atoms with Crippen LogP contribution in [0.15, 0.2) is 6.20 Å². The number of hydrogen-bond donors (Lipinski definition) is 3. The average Bonchev–Trinajstić information content (AvgIpc) is 2.74. The highest BCUT2D eigenvalue weighted by Crippen LogP contribution is 2.09. The third-order valence-corrected chi connectivity index (χ3v) is 3.55. The summed E-state index contributed by atoms with van der Waals surface area (Å²) in [5, 5.41) is 18.3. The monoisotopic (exact) mass is 296 g/mol. The molecule has 21 heavy (non-hydrogen) atoms. The molecule has 0 aliphatic rings. The van der Waals surface area contributed by atoms with E-state index in [1.54, 1.807) is 10.9 Å². The summed E-state index contributed by atoms with van der Waals surface area (Å²) < 4.78 is 1.76. The van der Waals surface area contributed by atoms with Gasteiger partial charge in [-0.25, -0.2) is 4.79 Å². The largest absolute Gasteiger partial charge is 0.481 e. The number of nitrogens with zero attached hydrogens (tertiary/aromatic N) is 2. The van der Waals surface area contributed by atoms with Crippen molar-refractivity contribution in [3.63, 3.8) is 0 Å². The smallest absolute Gasteiger partial charge is 0.315 e. The van der Waals surface area contributed by atoms with Crippen molar-refractivity contribution < 1.29 is 14.7 Å². The molecule has 0 aromatic carbocycles. The van der Waals surface area contributed by atoms with E-state index in [1.807, 2.05) is 20.9 Å². The van der Waals surface area contributed by atoms with Gasteiger partial charge >= 0.3 is 12.0 Å². The molecule has 1 unspecified atom stereocenters. The molecule has 3 N–H and O–H groups in total. The predicted octanol–water partition coefficient (Wildman–Crippen LogP) is 1.42. The van der Waals surface area contributed by atoms with Crippen molar-refractivity contribution in [3.8, 4) is 0 Å². The zero-order valence-corrected chi connectivity index (χ0v) is 12.8. The van der Waals surface area contributed by atoms with Crippen LogP contribution >= 0.6 is 0 Å². The lowest BCUT2D eigenvalue weighted by Crippen LogP contribution is -2.36. The summed E-state index contributed by atoms with van der Waals surface area (Å²) in [4.78, 5) is 22.1. The van der Waals surface area contributed by atoms with Gasteiger partial charge in [-0.2, -0.15) is 5.10 Å². The standard InChI is InChI=1S/C14H24N4O3/c1-10(4-5-13(19)20)6-7-15-14(21)16-8-12-9-17-18(3)11(12)2/h9-10H,4-8H2,1-3H3,(H,19,20)(H2,15,16,21). The molecule has 0 saturated carbocycles. The Balaban J connectivity index is 2.17. The van der Waals surface area contributed by atoms with Gasteiger partial charge in [0.2, 0.25) is 0 Å². The lowest BCUT2D eigenvalue weighted by atomic mass is 10.0. The summed E-state index contributed by atoms with van der Waals surface area (Å²) in [6.07, 6.45) is 3.32. The number of aryl methyl sites for hydroxylation is 1. The summed E-state index contributed by atoms with van der Waals surface area (Å²) in [6.45, 7) is 4.92. The van der Waals surface area contributed by atoms with E-state index in [4.69, 9.17) is 5.11 Å². The van der Waals surface area contributed by atoms with E-state index in [0.717, 1.165) is 17.7 Å². The number of carbonyl (C=O) groups excluding carboxylic acids is 1. The van der Waals surface area contributed by atoms with Gasteiger partial charge in [-0.05, 0) is 25.7 Å². The van der Waals surface area contributed by atoms with Crippen LogP contribution in [0.1, 0.15) is 37.4 Å². The van der Waals surface area contributed by atoms with Gasteiger partial charge in [-0.3, -0.25) is 9.48 Å². The number of carbonyl (C=O) groups is 2. The Kier molecular flexibility index (Phi) is 6.71. The molecule has 0 fully saturated rings. The Bertz CT molecular complexity index is 485. The Hall–Kier alpha value is -2.05. The lowest BCUT2D eigenvalue weighted by molar-refractivity contribution is -0.137. The first kappa shape index (κ1) is 17.0. The number of aliphatic carboxylic acids is 1. The number of nitrogens with one attached hydrogen (secondary N) is 2. The van der Waals surface area contributed by atoms with Crippen molar-refractivity contribution >= 4 is 12.0 Å². The Morgan fingerprint density at radius 2 is 2.10 bits per heavy atom. The van der Waals surface area contributed by atoms with Crippen LogP contribution in [-0.4, -0.2) is 33.4 Å². The van der Waals surface area contributed by atoms with E-state index < -0.39 is 5.97 Å². The highest BCUT2D eigenvalue weighted by molar-refractivity contribution is 5.73. The van der Waals surface area contributed by atoms with Gasteiger partial charge in [0.1, 0.15) is 0 Å². The van der Waals surface area contributed by atoms with Gasteiger partial charge in [-0.1, -0.05) is 6.92 Å². The van der Waals surface area contributed by atoms with Gasteiger partial charge in [-0.15, -0.1) is 0 Å². The molecular formula is C14H24N4O3. The summed E-state index contributed by atoms with van der Waals surface area (Å²) >= 11 is 0. The predicted molar refractivity (Wildman–Crippen MR) is 78.8 cm³/mol. The Labute approximate surface area is 124 Å². The molecule has 1 aromatic rings. The second-order valence-electron chi connectivity index (χ2n) is 5.31. The fourth-order valence-corrected chi connectivity index (χ4v) is 1.90. The second kappa shape index (κ2) is 8.28. The van der Waals surface area contributed by atoms with Crippen molar-refractivity contribution in [2.45, 2.75) is 39.7 Å². The van der Waals surface area contributed by atoms with Crippen molar-refractivity contribution in [2.24, 2.45) is 13.0 Å². The first-order valence-electron chi connectivity index (χ1n) is 7.11. The Morgan fingerprint density at radius 3 is 2.67 bits per heavy atom. The molecular weight excluding hydrogens is 272 g/mol. The quantitative estimate of drug-likeness (QED) is 0.676. The maximum absolute atomic E-state index is 11.6. The number of rotatable bonds is 8. The van der Waals surface area contributed by atoms with E-state index in [-0.39, 0.29) is 18.4 Å². The molecule has 0 radical (unpaired) electrons. The number of hydrogen-bond acceptors (Lipinski definition) is 3. The number of amides is 2. The molecule has 1 rings (SSSR count). The van der Waals surface area contributed by atoms with Crippen molar-refractivity contribution in [1.29, 1.82) is 0 Å². The SMILES string of the molecule is Cc1c(CNC(=O)NCCC(C)CCC(=O)O)cnn1C. The van der Waals surface area contributed by atoms with Gasteiger partial charge < -0.3 is 15.7 Å². The van der Waals surface area contributed by atoms with Gasteiger partial charge in [0.25, 0.3) is 0 Å². The molecule has 7 nitrogen and oxygen atoms in total. The third kappa shape index (κ3) is 6.29. The van der Waals surface area contributed by atoms with Crippen LogP contribution in [0.5, 0.6) is 0 Å². The van der Waals surface area contributed by atoms with E-state index in [9.17, 15) is 9.59 Å². The van der Waals surface area contributed by atoms with E-state index >= 15 is 0 Å². The summed E-state index contributed by atoms with van der Waals surface area (Å²) in [7, 11) is 1.86. The molecule has 0 aliphatic carbocycles. The van der Waals surface area contributed by atoms with Crippen LogP contribution in [0.4, 0.5) is 4.79 Å². The van der Waals surface area contributed by atoms with E-state index in [1.165, 1.54) is 0 Å². The van der Waals surface area contributed by atoms with E-state index in [2.05, 4.69) is 15.7 Å². The van der Waals surface area contributed by atoms with Gasteiger partial charge in [0.15, 0.2) is 0 Å². The van der Waals surface area contributed by atoms with Crippen LogP contribution in [0, 0.1) is 12.8 Å². The summed E-state index contributed by atoms with van der Waals surface area (Å²) in [5.41, 5.74) is 2.01.